The predicted octanol–water partition coefficient (Wildman–Crippen LogP) is 3.44. The number of nitrogens with one attached hydrogen (secondary N) is 1. The topological polar surface area (TPSA) is 102 Å². The van der Waals surface area contributed by atoms with Crippen molar-refractivity contribution in [1.82, 2.24) is 0 Å². The highest BCUT2D eigenvalue weighted by atomic mass is 32.2. The Hall–Kier alpha value is -2.09. The first-order chi connectivity index (χ1) is 12.2. The van der Waals surface area contributed by atoms with Crippen molar-refractivity contribution in [1.29, 1.82) is 0 Å². The van der Waals surface area contributed by atoms with Gasteiger partial charge < -0.3 is 15.8 Å². The minimum Gasteiger partial charge on any atom is -0.399 e. The molecule has 0 amide bonds. The lowest BCUT2D eigenvalue weighted by molar-refractivity contribution is 0.202. The molecular formula is C19H28N2O4S. The average Bonchev–Trinajstić information content (AvgIpc) is 2.58. The van der Waals surface area contributed by atoms with E-state index < -0.39 is 10.1 Å². The molecule has 0 aliphatic heterocycles. The lowest BCUT2D eigenvalue weighted by Gasteiger charge is -2.15. The molecule has 2 aromatic carbocycles. The van der Waals surface area contributed by atoms with Gasteiger partial charge in [-0.15, -0.1) is 0 Å². The van der Waals surface area contributed by atoms with Crippen LogP contribution in [0.4, 0.5) is 11.4 Å². The fraction of sp³-hybridized carbons (Fsp3) is 0.368. The molecule has 0 unspecified atom stereocenters. The van der Waals surface area contributed by atoms with Crippen LogP contribution in [0.25, 0.3) is 0 Å². The third-order valence-electron chi connectivity index (χ3n) is 3.88. The number of methoxy groups -OCH3 is 1. The molecule has 0 spiro atoms. The molecule has 144 valence electrons. The monoisotopic (exact) mass is 380 g/mol. The van der Waals surface area contributed by atoms with Crippen molar-refractivity contribution in [2.75, 3.05) is 31.3 Å². The Balaban J connectivity index is 0.000000273. The SMILES string of the molecule is CCNc1ccc(N)c(C)c1CCOC.Cc1ccc(S(=O)(=O)O)cc1. The molecule has 0 saturated heterocycles. The second-order valence-corrected chi connectivity index (χ2v) is 7.29. The molecule has 0 fully saturated rings. The second kappa shape index (κ2) is 10.2. The Morgan fingerprint density at radius 2 is 1.73 bits per heavy atom. The molecule has 6 nitrogen and oxygen atoms in total. The van der Waals surface area contributed by atoms with Crippen molar-refractivity contribution < 1.29 is 17.7 Å². The van der Waals surface area contributed by atoms with Gasteiger partial charge in [-0.25, -0.2) is 0 Å². The van der Waals surface area contributed by atoms with E-state index in [4.69, 9.17) is 15.0 Å². The van der Waals surface area contributed by atoms with E-state index in [0.717, 1.165) is 36.4 Å². The van der Waals surface area contributed by atoms with Crippen molar-refractivity contribution >= 4 is 21.5 Å². The summed E-state index contributed by atoms with van der Waals surface area (Å²) >= 11 is 0. The molecule has 0 aromatic heterocycles. The van der Waals surface area contributed by atoms with E-state index in [1.165, 1.54) is 23.4 Å². The number of rotatable bonds is 6. The fourth-order valence-corrected chi connectivity index (χ4v) is 2.85. The lowest BCUT2D eigenvalue weighted by atomic mass is 10.0. The molecule has 0 aliphatic rings. The van der Waals surface area contributed by atoms with Crippen LogP contribution in [0.15, 0.2) is 41.3 Å². The van der Waals surface area contributed by atoms with Gasteiger partial charge in [-0.3, -0.25) is 4.55 Å². The number of aryl methyl sites for hydroxylation is 1. The summed E-state index contributed by atoms with van der Waals surface area (Å²) in [7, 11) is -2.30. The zero-order valence-corrected chi connectivity index (χ0v) is 16.6. The molecule has 26 heavy (non-hydrogen) atoms. The lowest BCUT2D eigenvalue weighted by Crippen LogP contribution is -2.07. The Morgan fingerprint density at radius 3 is 2.23 bits per heavy atom. The molecule has 0 saturated carbocycles. The van der Waals surface area contributed by atoms with Crippen LogP contribution < -0.4 is 11.1 Å². The van der Waals surface area contributed by atoms with Crippen LogP contribution in [-0.4, -0.2) is 33.2 Å². The van der Waals surface area contributed by atoms with Crippen LogP contribution in [-0.2, 0) is 21.3 Å². The van der Waals surface area contributed by atoms with Gasteiger partial charge in [0.15, 0.2) is 0 Å². The standard InChI is InChI=1S/C12H20N2O.C7H8O3S/c1-4-14-12-6-5-11(13)9(2)10(12)7-8-15-3;1-6-2-4-7(5-3-6)11(8,9)10/h5-6,14H,4,7-8,13H2,1-3H3;2-5H,1H3,(H,8,9,10). The van der Waals surface area contributed by atoms with E-state index in [1.807, 2.05) is 19.1 Å². The normalized spacial score (nSPS) is 10.8. The van der Waals surface area contributed by atoms with Gasteiger partial charge >= 0.3 is 0 Å². The summed E-state index contributed by atoms with van der Waals surface area (Å²) in [4.78, 5) is -0.0666. The van der Waals surface area contributed by atoms with Crippen LogP contribution in [0.2, 0.25) is 0 Å². The largest absolute Gasteiger partial charge is 0.399 e. The van der Waals surface area contributed by atoms with Gasteiger partial charge in [-0.1, -0.05) is 17.7 Å². The maximum absolute atomic E-state index is 10.5. The Labute approximate surface area is 156 Å². The van der Waals surface area contributed by atoms with Gasteiger partial charge in [0.25, 0.3) is 10.1 Å². The number of hydrogen-bond donors (Lipinski definition) is 3. The first-order valence-electron chi connectivity index (χ1n) is 8.35. The van der Waals surface area contributed by atoms with E-state index in [9.17, 15) is 8.42 Å². The van der Waals surface area contributed by atoms with Crippen LogP contribution >= 0.6 is 0 Å². The van der Waals surface area contributed by atoms with Gasteiger partial charge in [0.05, 0.1) is 11.5 Å². The maximum Gasteiger partial charge on any atom is 0.294 e. The summed E-state index contributed by atoms with van der Waals surface area (Å²) in [5.41, 5.74) is 11.3. The first-order valence-corrected chi connectivity index (χ1v) is 9.79. The van der Waals surface area contributed by atoms with E-state index >= 15 is 0 Å². The van der Waals surface area contributed by atoms with Crippen LogP contribution in [0.1, 0.15) is 23.6 Å². The molecule has 0 heterocycles. The third kappa shape index (κ3) is 6.67. The molecule has 2 aromatic rings. The minimum absolute atomic E-state index is 0.0666. The molecule has 0 atom stereocenters. The number of nitrogens with two attached hydrogens (primary N) is 1. The van der Waals surface area contributed by atoms with Gasteiger partial charge in [-0.05, 0) is 62.6 Å². The minimum atomic E-state index is -4.02. The quantitative estimate of drug-likeness (QED) is 0.524. The Kier molecular flexibility index (Phi) is 8.57. The number of benzene rings is 2. The molecule has 0 radical (unpaired) electrons. The summed E-state index contributed by atoms with van der Waals surface area (Å²) in [6, 6.07) is 9.97. The van der Waals surface area contributed by atoms with E-state index in [1.54, 1.807) is 19.2 Å². The predicted molar refractivity (Wildman–Crippen MR) is 106 cm³/mol. The van der Waals surface area contributed by atoms with Crippen LogP contribution in [0, 0.1) is 13.8 Å². The highest BCUT2D eigenvalue weighted by Gasteiger charge is 2.08. The van der Waals surface area contributed by atoms with E-state index in [0.29, 0.717) is 0 Å². The summed E-state index contributed by atoms with van der Waals surface area (Å²) in [5, 5.41) is 3.34. The summed E-state index contributed by atoms with van der Waals surface area (Å²) < 4.78 is 34.7. The Morgan fingerprint density at radius 1 is 1.12 bits per heavy atom. The van der Waals surface area contributed by atoms with E-state index in [-0.39, 0.29) is 4.90 Å². The number of ether oxygens (including phenoxy) is 1. The van der Waals surface area contributed by atoms with Crippen LogP contribution in [0.3, 0.4) is 0 Å². The first kappa shape index (κ1) is 22.0. The van der Waals surface area contributed by atoms with Crippen molar-refractivity contribution in [3.63, 3.8) is 0 Å². The highest BCUT2D eigenvalue weighted by molar-refractivity contribution is 7.85. The van der Waals surface area contributed by atoms with E-state index in [2.05, 4.69) is 19.2 Å². The number of hydrogen-bond acceptors (Lipinski definition) is 5. The zero-order valence-electron chi connectivity index (χ0n) is 15.7. The van der Waals surface area contributed by atoms with Gasteiger partial charge in [0, 0.05) is 25.0 Å². The van der Waals surface area contributed by atoms with Gasteiger partial charge in [0.2, 0.25) is 0 Å². The molecule has 2 rings (SSSR count). The van der Waals surface area contributed by atoms with Crippen molar-refractivity contribution in [2.45, 2.75) is 32.1 Å². The number of nitrogen functional groups attached to an aromatic ring is 1. The molecule has 0 aliphatic carbocycles. The summed E-state index contributed by atoms with van der Waals surface area (Å²) in [6.07, 6.45) is 0.899. The van der Waals surface area contributed by atoms with Gasteiger partial charge in [0.1, 0.15) is 0 Å². The van der Waals surface area contributed by atoms with Crippen molar-refractivity contribution in [2.24, 2.45) is 0 Å². The van der Waals surface area contributed by atoms with Crippen molar-refractivity contribution in [3.8, 4) is 0 Å². The number of anilines is 2. The van der Waals surface area contributed by atoms with Crippen molar-refractivity contribution in [3.05, 3.63) is 53.1 Å². The third-order valence-corrected chi connectivity index (χ3v) is 4.75. The molecular weight excluding hydrogens is 352 g/mol. The summed E-state index contributed by atoms with van der Waals surface area (Å²) in [5.74, 6) is 0. The molecule has 0 bridgehead atoms. The fourth-order valence-electron chi connectivity index (χ4n) is 2.37. The average molecular weight is 381 g/mol. The van der Waals surface area contributed by atoms with Crippen LogP contribution in [0.5, 0.6) is 0 Å². The maximum atomic E-state index is 10.5. The highest BCUT2D eigenvalue weighted by Crippen LogP contribution is 2.25. The molecule has 4 N–H and O–H groups in total. The van der Waals surface area contributed by atoms with Gasteiger partial charge in [-0.2, -0.15) is 8.42 Å². The second-order valence-electron chi connectivity index (χ2n) is 5.87. The summed E-state index contributed by atoms with van der Waals surface area (Å²) in [6.45, 7) is 7.63. The smallest absolute Gasteiger partial charge is 0.294 e. The zero-order chi connectivity index (χ0) is 19.7. The Bertz CT molecular complexity index is 803. The molecule has 7 heteroatoms.